The van der Waals surface area contributed by atoms with E-state index in [1.807, 2.05) is 34.9 Å². The average molecular weight is 347 g/mol. The number of halogens is 1. The summed E-state index contributed by atoms with van der Waals surface area (Å²) in [6.07, 6.45) is 3.49. The van der Waals surface area contributed by atoms with Crippen LogP contribution in [0.25, 0.3) is 11.4 Å². The van der Waals surface area contributed by atoms with Crippen LogP contribution in [0.15, 0.2) is 53.3 Å². The number of nitrogens with zero attached hydrogens (tertiary/aromatic N) is 3. The van der Waals surface area contributed by atoms with Crippen LogP contribution in [0.5, 0.6) is 0 Å². The summed E-state index contributed by atoms with van der Waals surface area (Å²) in [5.74, 6) is 0.813. The first-order valence-electron chi connectivity index (χ1n) is 6.05. The molecule has 2 aromatic heterocycles. The summed E-state index contributed by atoms with van der Waals surface area (Å²) in [6.45, 7) is 0.661. The predicted octanol–water partition coefficient (Wildman–Crippen LogP) is 3.81. The van der Waals surface area contributed by atoms with Gasteiger partial charge in [-0.15, -0.1) is 0 Å². The summed E-state index contributed by atoms with van der Waals surface area (Å²) in [5, 5.41) is 7.17. The number of aromatic nitrogens is 4. The predicted molar refractivity (Wildman–Crippen MR) is 83.9 cm³/mol. The van der Waals surface area contributed by atoms with Crippen molar-refractivity contribution in [1.82, 2.24) is 19.7 Å². The van der Waals surface area contributed by atoms with Crippen molar-refractivity contribution in [2.24, 2.45) is 0 Å². The number of nitrogens with one attached hydrogen (secondary N) is 1. The van der Waals surface area contributed by atoms with Gasteiger partial charge < -0.3 is 0 Å². The van der Waals surface area contributed by atoms with Gasteiger partial charge in [-0.2, -0.15) is 5.10 Å². The van der Waals surface area contributed by atoms with E-state index in [0.29, 0.717) is 11.3 Å². The fourth-order valence-corrected chi connectivity index (χ4v) is 2.59. The number of pyridine rings is 1. The Kier molecular flexibility index (Phi) is 3.75. The molecule has 0 saturated heterocycles. The van der Waals surface area contributed by atoms with E-state index in [4.69, 9.17) is 12.2 Å². The number of hydrogen-bond acceptors (Lipinski definition) is 3. The second kappa shape index (κ2) is 5.68. The molecular formula is C14H11BrN4S. The van der Waals surface area contributed by atoms with Crippen molar-refractivity contribution in [3.05, 3.63) is 63.6 Å². The van der Waals surface area contributed by atoms with Crippen LogP contribution >= 0.6 is 28.1 Å². The molecule has 20 heavy (non-hydrogen) atoms. The minimum Gasteiger partial charge on any atom is -0.296 e. The molecule has 0 aliphatic carbocycles. The topological polar surface area (TPSA) is 46.5 Å². The molecule has 6 heteroatoms. The third-order valence-corrected chi connectivity index (χ3v) is 4.07. The van der Waals surface area contributed by atoms with E-state index >= 15 is 0 Å². The van der Waals surface area contributed by atoms with Crippen molar-refractivity contribution in [2.75, 3.05) is 0 Å². The van der Waals surface area contributed by atoms with Gasteiger partial charge in [0.05, 0.1) is 6.54 Å². The van der Waals surface area contributed by atoms with Gasteiger partial charge in [0.25, 0.3) is 0 Å². The summed E-state index contributed by atoms with van der Waals surface area (Å²) in [6, 6.07) is 11.9. The first-order chi connectivity index (χ1) is 9.75. The molecule has 3 rings (SSSR count). The van der Waals surface area contributed by atoms with Crippen LogP contribution in [0.1, 0.15) is 5.56 Å². The Morgan fingerprint density at radius 1 is 1.15 bits per heavy atom. The van der Waals surface area contributed by atoms with E-state index in [9.17, 15) is 0 Å². The first-order valence-corrected chi connectivity index (χ1v) is 7.25. The van der Waals surface area contributed by atoms with Gasteiger partial charge in [0.2, 0.25) is 0 Å². The third-order valence-electron chi connectivity index (χ3n) is 2.98. The third kappa shape index (κ3) is 2.57. The Bertz CT molecular complexity index is 779. The van der Waals surface area contributed by atoms with Crippen LogP contribution in [0, 0.1) is 4.77 Å². The highest BCUT2D eigenvalue weighted by Gasteiger charge is 2.10. The smallest absolute Gasteiger partial charge is 0.195 e. The molecule has 0 atom stereocenters. The second-order valence-electron chi connectivity index (χ2n) is 4.27. The van der Waals surface area contributed by atoms with Crippen LogP contribution in [0.4, 0.5) is 0 Å². The zero-order valence-electron chi connectivity index (χ0n) is 10.5. The van der Waals surface area contributed by atoms with Gasteiger partial charge in [-0.25, -0.2) is 0 Å². The molecule has 0 fully saturated rings. The zero-order chi connectivity index (χ0) is 13.9. The van der Waals surface area contributed by atoms with Crippen LogP contribution in [-0.4, -0.2) is 19.7 Å². The molecule has 100 valence electrons. The molecule has 0 radical (unpaired) electrons. The molecule has 0 amide bonds. The molecule has 4 nitrogen and oxygen atoms in total. The largest absolute Gasteiger partial charge is 0.296 e. The molecule has 0 bridgehead atoms. The number of hydrogen-bond donors (Lipinski definition) is 1. The van der Waals surface area contributed by atoms with Crippen molar-refractivity contribution in [3.8, 4) is 11.4 Å². The Hall–Kier alpha value is -1.79. The normalized spacial score (nSPS) is 10.7. The number of rotatable bonds is 3. The lowest BCUT2D eigenvalue weighted by Gasteiger charge is -2.08. The first kappa shape index (κ1) is 13.2. The van der Waals surface area contributed by atoms with Crippen molar-refractivity contribution in [1.29, 1.82) is 0 Å². The van der Waals surface area contributed by atoms with Crippen LogP contribution in [-0.2, 0) is 6.54 Å². The van der Waals surface area contributed by atoms with Gasteiger partial charge >= 0.3 is 0 Å². The lowest BCUT2D eigenvalue weighted by Crippen LogP contribution is -2.03. The monoisotopic (exact) mass is 346 g/mol. The van der Waals surface area contributed by atoms with Crippen molar-refractivity contribution in [2.45, 2.75) is 6.54 Å². The lowest BCUT2D eigenvalue weighted by molar-refractivity contribution is 0.787. The Balaban J connectivity index is 2.05. The van der Waals surface area contributed by atoms with E-state index in [2.05, 4.69) is 37.2 Å². The van der Waals surface area contributed by atoms with E-state index in [1.165, 1.54) is 0 Å². The van der Waals surface area contributed by atoms with Crippen molar-refractivity contribution < 1.29 is 0 Å². The van der Waals surface area contributed by atoms with Gasteiger partial charge in [-0.1, -0.05) is 34.1 Å². The fraction of sp³-hybridized carbons (Fsp3) is 0.0714. The SMILES string of the molecule is S=c1[nH]nc(-c2ccncc2)n1Cc1ccccc1Br. The molecule has 0 spiro atoms. The highest BCUT2D eigenvalue weighted by Crippen LogP contribution is 2.21. The molecule has 1 aromatic carbocycles. The maximum Gasteiger partial charge on any atom is 0.195 e. The summed E-state index contributed by atoms with van der Waals surface area (Å²) in [4.78, 5) is 4.02. The number of aromatic amines is 1. The summed E-state index contributed by atoms with van der Waals surface area (Å²) < 4.78 is 3.64. The lowest BCUT2D eigenvalue weighted by atomic mass is 10.2. The minimum atomic E-state index is 0.604. The molecule has 0 saturated carbocycles. The zero-order valence-corrected chi connectivity index (χ0v) is 12.9. The Morgan fingerprint density at radius 3 is 2.65 bits per heavy atom. The van der Waals surface area contributed by atoms with Crippen LogP contribution in [0.3, 0.4) is 0 Å². The molecule has 0 aliphatic rings. The summed E-state index contributed by atoms with van der Waals surface area (Å²) >= 11 is 8.89. The highest BCUT2D eigenvalue weighted by molar-refractivity contribution is 9.10. The van der Waals surface area contributed by atoms with Gasteiger partial charge in [0.1, 0.15) is 0 Å². The van der Waals surface area contributed by atoms with Gasteiger partial charge in [0, 0.05) is 22.4 Å². The maximum atomic E-state index is 5.33. The minimum absolute atomic E-state index is 0.604. The number of benzene rings is 1. The van der Waals surface area contributed by atoms with E-state index in [1.54, 1.807) is 12.4 Å². The van der Waals surface area contributed by atoms with Gasteiger partial charge in [-0.3, -0.25) is 14.6 Å². The second-order valence-corrected chi connectivity index (χ2v) is 5.51. The maximum absolute atomic E-state index is 5.33. The van der Waals surface area contributed by atoms with E-state index < -0.39 is 0 Å². The standard InChI is InChI=1S/C14H11BrN4S/c15-12-4-2-1-3-11(12)9-19-13(17-18-14(19)20)10-5-7-16-8-6-10/h1-8H,9H2,(H,18,20). The van der Waals surface area contributed by atoms with E-state index in [0.717, 1.165) is 21.4 Å². The van der Waals surface area contributed by atoms with Gasteiger partial charge in [0.15, 0.2) is 10.6 Å². The quantitative estimate of drug-likeness (QED) is 0.733. The highest BCUT2D eigenvalue weighted by atomic mass is 79.9. The van der Waals surface area contributed by atoms with Gasteiger partial charge in [-0.05, 0) is 36.0 Å². The van der Waals surface area contributed by atoms with Crippen molar-refractivity contribution in [3.63, 3.8) is 0 Å². The molecule has 1 N–H and O–H groups in total. The van der Waals surface area contributed by atoms with Crippen molar-refractivity contribution >= 4 is 28.1 Å². The van der Waals surface area contributed by atoms with Crippen LogP contribution < -0.4 is 0 Å². The van der Waals surface area contributed by atoms with E-state index in [-0.39, 0.29) is 0 Å². The molecule has 2 heterocycles. The Morgan fingerprint density at radius 2 is 1.90 bits per heavy atom. The molecule has 0 unspecified atom stereocenters. The molecular weight excluding hydrogens is 336 g/mol. The summed E-state index contributed by atoms with van der Waals surface area (Å²) in [5.41, 5.74) is 2.14. The molecule has 0 aliphatic heterocycles. The fourth-order valence-electron chi connectivity index (χ4n) is 1.98. The number of H-pyrrole nitrogens is 1. The Labute approximate surface area is 129 Å². The molecule has 3 aromatic rings. The van der Waals surface area contributed by atoms with Crippen LogP contribution in [0.2, 0.25) is 0 Å². The average Bonchev–Trinajstić information content (AvgIpc) is 2.84. The summed E-state index contributed by atoms with van der Waals surface area (Å²) in [7, 11) is 0.